The number of hydrogen-bond acceptors (Lipinski definition) is 4. The number of rotatable bonds is 3. The number of benzene rings is 2. The lowest BCUT2D eigenvalue weighted by atomic mass is 10.00. The maximum Gasteiger partial charge on any atom is 0.321 e. The molecule has 1 aliphatic rings. The van der Waals surface area contributed by atoms with Crippen LogP contribution in [0.5, 0.6) is 0 Å². The summed E-state index contributed by atoms with van der Waals surface area (Å²) in [6.07, 6.45) is -1.04. The molecule has 1 aliphatic heterocycles. The van der Waals surface area contributed by atoms with E-state index in [4.69, 9.17) is 4.99 Å². The van der Waals surface area contributed by atoms with Crippen LogP contribution in [0.1, 0.15) is 27.1 Å². The van der Waals surface area contributed by atoms with Crippen molar-refractivity contribution in [3.63, 3.8) is 0 Å². The van der Waals surface area contributed by atoms with Gasteiger partial charge < -0.3 is 15.5 Å². The third-order valence-electron chi connectivity index (χ3n) is 5.32. The Kier molecular flexibility index (Phi) is 5.61. The minimum Gasteiger partial charge on any atom is -0.308 e. The molecular weight excluding hydrogens is 408 g/mol. The van der Waals surface area contributed by atoms with Gasteiger partial charge in [-0.05, 0) is 44.0 Å². The highest BCUT2D eigenvalue weighted by molar-refractivity contribution is 7.17. The van der Waals surface area contributed by atoms with Gasteiger partial charge in [-0.3, -0.25) is 4.79 Å². The second-order valence-electron chi connectivity index (χ2n) is 7.57. The molecule has 0 aliphatic carbocycles. The number of carbonyl (C=O) groups excluding carboxylic acids is 2. The summed E-state index contributed by atoms with van der Waals surface area (Å²) in [5, 5.41) is 6.37. The van der Waals surface area contributed by atoms with Gasteiger partial charge in [0.2, 0.25) is 6.17 Å². The van der Waals surface area contributed by atoms with E-state index in [-0.39, 0.29) is 5.91 Å². The van der Waals surface area contributed by atoms with Crippen molar-refractivity contribution in [2.75, 3.05) is 17.3 Å². The molecule has 31 heavy (non-hydrogen) atoms. The van der Waals surface area contributed by atoms with Crippen molar-refractivity contribution in [1.82, 2.24) is 5.32 Å². The molecule has 2 aromatic carbocycles. The number of urea groups is 1. The third-order valence-corrected chi connectivity index (χ3v) is 6.61. The molecule has 0 fully saturated rings. The molecule has 4 rings (SSSR count). The zero-order valence-electron chi connectivity index (χ0n) is 17.9. The van der Waals surface area contributed by atoms with Crippen molar-refractivity contribution >= 4 is 39.7 Å². The van der Waals surface area contributed by atoms with Crippen molar-refractivity contribution in [1.29, 1.82) is 0 Å². The van der Waals surface area contributed by atoms with Gasteiger partial charge >= 0.3 is 6.03 Å². The minimum atomic E-state index is -1.04. The van der Waals surface area contributed by atoms with Gasteiger partial charge in [0.1, 0.15) is 5.00 Å². The molecule has 2 heterocycles. The van der Waals surface area contributed by atoms with Crippen LogP contribution < -0.4 is 15.5 Å². The smallest absolute Gasteiger partial charge is 0.308 e. The lowest BCUT2D eigenvalue weighted by Crippen LogP contribution is -2.47. The normalized spacial score (nSPS) is 15.7. The number of likely N-dealkylation sites (N-methyl/N-ethyl adjacent to an activating group) is 1. The summed E-state index contributed by atoms with van der Waals surface area (Å²) in [6.45, 7) is 6.03. The lowest BCUT2D eigenvalue weighted by Gasteiger charge is -2.19. The molecule has 7 heteroatoms. The summed E-state index contributed by atoms with van der Waals surface area (Å²) in [6, 6.07) is 16.8. The van der Waals surface area contributed by atoms with Gasteiger partial charge in [0.05, 0.1) is 5.71 Å². The van der Waals surface area contributed by atoms with E-state index < -0.39 is 12.2 Å². The van der Waals surface area contributed by atoms with Crippen molar-refractivity contribution < 1.29 is 9.59 Å². The Labute approximate surface area is 185 Å². The molecule has 0 radical (unpaired) electrons. The van der Waals surface area contributed by atoms with E-state index in [0.717, 1.165) is 32.1 Å². The molecule has 6 nitrogen and oxygen atoms in total. The number of amides is 3. The van der Waals surface area contributed by atoms with Gasteiger partial charge in [-0.25, -0.2) is 9.79 Å². The van der Waals surface area contributed by atoms with Crippen molar-refractivity contribution in [3.05, 3.63) is 81.7 Å². The average Bonchev–Trinajstić information content (AvgIpc) is 3.00. The highest BCUT2D eigenvalue weighted by Gasteiger charge is 2.33. The summed E-state index contributed by atoms with van der Waals surface area (Å²) in [5.41, 5.74) is 5.32. The van der Waals surface area contributed by atoms with Crippen LogP contribution in [-0.4, -0.2) is 30.9 Å². The second kappa shape index (κ2) is 8.35. The molecule has 3 aromatic rings. The predicted molar refractivity (Wildman–Crippen MR) is 126 cm³/mol. The molecule has 1 unspecified atom stereocenters. The van der Waals surface area contributed by atoms with E-state index in [9.17, 15) is 9.59 Å². The molecule has 0 spiro atoms. The molecule has 1 atom stereocenters. The standard InChI is InChI=1S/C24H24N4O2S/c1-14-9-8-12-18(13-14)25-24(30)27-21-22(29)28(4)23-19(15(2)16(3)31-23)20(26-21)17-10-6-5-7-11-17/h5-13,21H,1-4H3,(H2,25,27,30). The predicted octanol–water partition coefficient (Wildman–Crippen LogP) is 4.63. The quantitative estimate of drug-likeness (QED) is 0.633. The van der Waals surface area contributed by atoms with Gasteiger partial charge in [-0.2, -0.15) is 0 Å². The molecule has 0 saturated carbocycles. The number of nitrogens with one attached hydrogen (secondary N) is 2. The summed E-state index contributed by atoms with van der Waals surface area (Å²) in [5.74, 6) is -0.284. The fourth-order valence-electron chi connectivity index (χ4n) is 3.58. The fourth-order valence-corrected chi connectivity index (χ4v) is 4.70. The largest absolute Gasteiger partial charge is 0.321 e. The lowest BCUT2D eigenvalue weighted by molar-refractivity contribution is -0.119. The van der Waals surface area contributed by atoms with Crippen molar-refractivity contribution in [3.8, 4) is 0 Å². The van der Waals surface area contributed by atoms with Gasteiger partial charge in [-0.1, -0.05) is 42.5 Å². The van der Waals surface area contributed by atoms with E-state index >= 15 is 0 Å². The Morgan fingerprint density at radius 2 is 1.81 bits per heavy atom. The van der Waals surface area contributed by atoms with E-state index in [2.05, 4.69) is 10.6 Å². The number of fused-ring (bicyclic) bond motifs is 1. The van der Waals surface area contributed by atoms with Crippen molar-refractivity contribution in [2.45, 2.75) is 26.9 Å². The zero-order chi connectivity index (χ0) is 22.1. The topological polar surface area (TPSA) is 73.8 Å². The Morgan fingerprint density at radius 3 is 2.52 bits per heavy atom. The Balaban J connectivity index is 1.72. The summed E-state index contributed by atoms with van der Waals surface area (Å²) < 4.78 is 0. The SMILES string of the molecule is Cc1cccc(NC(=O)NC2N=C(c3ccccc3)c3c(sc(C)c3C)N(C)C2=O)c1. The number of hydrogen-bond donors (Lipinski definition) is 2. The minimum absolute atomic E-state index is 0.284. The average molecular weight is 433 g/mol. The van der Waals surface area contributed by atoms with E-state index in [1.165, 1.54) is 0 Å². The first kappa shape index (κ1) is 20.8. The highest BCUT2D eigenvalue weighted by atomic mass is 32.1. The number of nitrogens with zero attached hydrogens (tertiary/aromatic N) is 2. The molecule has 1 aromatic heterocycles. The first-order valence-electron chi connectivity index (χ1n) is 10.0. The van der Waals surface area contributed by atoms with Gasteiger partial charge in [-0.15, -0.1) is 11.3 Å². The number of aryl methyl sites for hydroxylation is 2. The maximum absolute atomic E-state index is 13.2. The fraction of sp³-hybridized carbons (Fsp3) is 0.208. The first-order chi connectivity index (χ1) is 14.8. The van der Waals surface area contributed by atoms with Crippen molar-refractivity contribution in [2.24, 2.45) is 4.99 Å². The van der Waals surface area contributed by atoms with E-state index in [1.807, 2.05) is 69.3 Å². The molecule has 3 amide bonds. The molecule has 0 saturated heterocycles. The summed E-state index contributed by atoms with van der Waals surface area (Å²) in [7, 11) is 1.73. The zero-order valence-corrected chi connectivity index (χ0v) is 18.7. The number of anilines is 2. The Bertz CT molecular complexity index is 1180. The Hall–Kier alpha value is -3.45. The van der Waals surface area contributed by atoms with E-state index in [1.54, 1.807) is 29.4 Å². The van der Waals surface area contributed by atoms with Gasteiger partial charge in [0, 0.05) is 28.7 Å². The van der Waals surface area contributed by atoms with Crippen LogP contribution in [0.25, 0.3) is 0 Å². The van der Waals surface area contributed by atoms with Crippen LogP contribution in [0.4, 0.5) is 15.5 Å². The molecular formula is C24H24N4O2S. The maximum atomic E-state index is 13.2. The van der Waals surface area contributed by atoms with Gasteiger partial charge in [0.15, 0.2) is 0 Å². The molecule has 158 valence electrons. The van der Waals surface area contributed by atoms with Crippen LogP contribution >= 0.6 is 11.3 Å². The van der Waals surface area contributed by atoms with Crippen LogP contribution in [0, 0.1) is 20.8 Å². The Morgan fingerprint density at radius 1 is 1.06 bits per heavy atom. The third kappa shape index (κ3) is 4.09. The van der Waals surface area contributed by atoms with Crippen LogP contribution in [-0.2, 0) is 4.79 Å². The van der Waals surface area contributed by atoms with Crippen LogP contribution in [0.15, 0.2) is 59.6 Å². The molecule has 0 bridgehead atoms. The van der Waals surface area contributed by atoms with Crippen LogP contribution in [0.3, 0.4) is 0 Å². The highest BCUT2D eigenvalue weighted by Crippen LogP contribution is 2.38. The summed E-state index contributed by atoms with van der Waals surface area (Å²) in [4.78, 5) is 33.4. The number of carbonyl (C=O) groups is 2. The van der Waals surface area contributed by atoms with E-state index in [0.29, 0.717) is 11.4 Å². The van der Waals surface area contributed by atoms with Gasteiger partial charge in [0.25, 0.3) is 5.91 Å². The second-order valence-corrected chi connectivity index (χ2v) is 8.78. The van der Waals surface area contributed by atoms with Crippen LogP contribution in [0.2, 0.25) is 0 Å². The monoisotopic (exact) mass is 432 g/mol. The summed E-state index contributed by atoms with van der Waals surface area (Å²) >= 11 is 1.56. The number of thiophene rings is 1. The molecule has 2 N–H and O–H groups in total. The first-order valence-corrected chi connectivity index (χ1v) is 10.8. The number of aliphatic imine (C=N–C) groups is 1.